The topological polar surface area (TPSA) is 119 Å². The van der Waals surface area contributed by atoms with Crippen molar-refractivity contribution in [1.29, 1.82) is 0 Å². The van der Waals surface area contributed by atoms with Crippen LogP contribution in [0, 0.1) is 5.82 Å². The van der Waals surface area contributed by atoms with E-state index in [9.17, 15) is 23.9 Å². The average Bonchev–Trinajstić information content (AvgIpc) is 3.20. The second-order valence-electron chi connectivity index (χ2n) is 8.19. The number of carbonyl (C=O) groups is 2. The van der Waals surface area contributed by atoms with Crippen LogP contribution in [-0.2, 0) is 24.4 Å². The van der Waals surface area contributed by atoms with Crippen LogP contribution in [0.5, 0.6) is 0 Å². The summed E-state index contributed by atoms with van der Waals surface area (Å²) >= 11 is 0. The molecule has 0 bridgehead atoms. The summed E-state index contributed by atoms with van der Waals surface area (Å²) in [5.74, 6) is -1.15. The predicted octanol–water partition coefficient (Wildman–Crippen LogP) is 1.73. The number of hydrogen-bond acceptors (Lipinski definition) is 5. The average molecular weight is 452 g/mol. The van der Waals surface area contributed by atoms with Gasteiger partial charge in [-0.05, 0) is 48.6 Å². The standard InChI is InChI=1S/C24H25FN4O4/c25-17-6-4-15(5-7-17)11-16-12-19-22(27-13-16)18(14-30)21(23(26)32)24(33)29(19)10-2-9-28-8-1-3-20(28)31/h4-7,12-13,30H,1-3,8-11,14H2,(H2,26,32). The van der Waals surface area contributed by atoms with Crippen LogP contribution in [0.15, 0.2) is 41.3 Å². The Kier molecular flexibility index (Phi) is 6.50. The Hall–Kier alpha value is -3.59. The molecule has 4 rings (SSSR count). The molecule has 3 N–H and O–H groups in total. The number of aliphatic hydroxyl groups is 1. The van der Waals surface area contributed by atoms with Gasteiger partial charge in [-0.2, -0.15) is 0 Å². The lowest BCUT2D eigenvalue weighted by Gasteiger charge is -2.18. The number of hydrogen-bond donors (Lipinski definition) is 2. The number of nitrogens with two attached hydrogens (primary N) is 1. The third kappa shape index (κ3) is 4.63. The highest BCUT2D eigenvalue weighted by Crippen LogP contribution is 2.22. The number of nitrogens with zero attached hydrogens (tertiary/aromatic N) is 3. The molecule has 0 atom stereocenters. The normalized spacial score (nSPS) is 13.8. The summed E-state index contributed by atoms with van der Waals surface area (Å²) in [5.41, 5.74) is 7.15. The van der Waals surface area contributed by atoms with Crippen LogP contribution in [0.3, 0.4) is 0 Å². The smallest absolute Gasteiger partial charge is 0.264 e. The molecular weight excluding hydrogens is 427 g/mol. The van der Waals surface area contributed by atoms with Gasteiger partial charge in [0, 0.05) is 37.8 Å². The molecular formula is C24H25FN4O4. The quantitative estimate of drug-likeness (QED) is 0.540. The number of fused-ring (bicyclic) bond motifs is 1. The molecule has 172 valence electrons. The third-order valence-corrected chi connectivity index (χ3v) is 5.97. The lowest BCUT2D eigenvalue weighted by atomic mass is 10.0. The number of halogens is 1. The molecule has 1 fully saturated rings. The van der Waals surface area contributed by atoms with Crippen molar-refractivity contribution in [2.45, 2.75) is 38.8 Å². The Morgan fingerprint density at radius 1 is 1.15 bits per heavy atom. The number of likely N-dealkylation sites (tertiary alicyclic amines) is 1. The molecule has 2 amide bonds. The van der Waals surface area contributed by atoms with Crippen LogP contribution in [-0.4, -0.2) is 44.5 Å². The Bertz CT molecular complexity index is 1270. The first-order chi connectivity index (χ1) is 15.9. The molecule has 8 nitrogen and oxygen atoms in total. The minimum Gasteiger partial charge on any atom is -0.392 e. The Labute approximate surface area is 189 Å². The molecule has 33 heavy (non-hydrogen) atoms. The van der Waals surface area contributed by atoms with Crippen molar-refractivity contribution in [2.24, 2.45) is 5.73 Å². The zero-order chi connectivity index (χ0) is 23.5. The van der Waals surface area contributed by atoms with Gasteiger partial charge in [-0.25, -0.2) is 4.39 Å². The van der Waals surface area contributed by atoms with Gasteiger partial charge in [0.15, 0.2) is 0 Å². The second kappa shape index (κ2) is 9.50. The van der Waals surface area contributed by atoms with Gasteiger partial charge in [0.05, 0.1) is 17.6 Å². The van der Waals surface area contributed by atoms with Crippen LogP contribution in [0.4, 0.5) is 4.39 Å². The predicted molar refractivity (Wildman–Crippen MR) is 120 cm³/mol. The number of pyridine rings is 2. The highest BCUT2D eigenvalue weighted by molar-refractivity contribution is 5.98. The van der Waals surface area contributed by atoms with Crippen LogP contribution >= 0.6 is 0 Å². The summed E-state index contributed by atoms with van der Waals surface area (Å²) in [6, 6.07) is 7.90. The van der Waals surface area contributed by atoms with E-state index >= 15 is 0 Å². The van der Waals surface area contributed by atoms with Crippen molar-refractivity contribution in [3.8, 4) is 0 Å². The van der Waals surface area contributed by atoms with E-state index in [0.29, 0.717) is 43.4 Å². The largest absolute Gasteiger partial charge is 0.392 e. The van der Waals surface area contributed by atoms with E-state index < -0.39 is 18.1 Å². The summed E-state index contributed by atoms with van der Waals surface area (Å²) in [6.45, 7) is 0.904. The van der Waals surface area contributed by atoms with Gasteiger partial charge in [-0.15, -0.1) is 0 Å². The van der Waals surface area contributed by atoms with Crippen molar-refractivity contribution in [2.75, 3.05) is 13.1 Å². The van der Waals surface area contributed by atoms with E-state index in [0.717, 1.165) is 17.5 Å². The number of rotatable bonds is 8. The number of aliphatic hydroxyl groups excluding tert-OH is 1. The molecule has 0 spiro atoms. The van der Waals surface area contributed by atoms with Gasteiger partial charge in [-0.1, -0.05) is 12.1 Å². The van der Waals surface area contributed by atoms with Gasteiger partial charge in [0.25, 0.3) is 11.5 Å². The first-order valence-electron chi connectivity index (χ1n) is 10.9. The lowest BCUT2D eigenvalue weighted by molar-refractivity contribution is -0.127. The molecule has 9 heteroatoms. The van der Waals surface area contributed by atoms with Crippen molar-refractivity contribution in [1.82, 2.24) is 14.5 Å². The fourth-order valence-electron chi connectivity index (χ4n) is 4.35. The fourth-order valence-corrected chi connectivity index (χ4v) is 4.35. The number of aryl methyl sites for hydroxylation is 1. The number of aromatic nitrogens is 2. The Morgan fingerprint density at radius 2 is 1.91 bits per heavy atom. The van der Waals surface area contributed by atoms with Crippen molar-refractivity contribution >= 4 is 22.8 Å². The van der Waals surface area contributed by atoms with E-state index in [4.69, 9.17) is 5.73 Å². The second-order valence-corrected chi connectivity index (χ2v) is 8.19. The van der Waals surface area contributed by atoms with E-state index in [2.05, 4.69) is 4.98 Å². The van der Waals surface area contributed by atoms with Crippen LogP contribution in [0.1, 0.15) is 46.3 Å². The van der Waals surface area contributed by atoms with Gasteiger partial charge in [0.1, 0.15) is 11.4 Å². The third-order valence-electron chi connectivity index (χ3n) is 5.97. The number of benzene rings is 1. The van der Waals surface area contributed by atoms with Gasteiger partial charge in [0.2, 0.25) is 5.91 Å². The summed E-state index contributed by atoms with van der Waals surface area (Å²) in [5, 5.41) is 9.88. The zero-order valence-electron chi connectivity index (χ0n) is 18.1. The van der Waals surface area contributed by atoms with E-state index in [1.165, 1.54) is 16.7 Å². The maximum absolute atomic E-state index is 13.2. The molecule has 1 aliphatic heterocycles. The van der Waals surface area contributed by atoms with Crippen LogP contribution in [0.25, 0.3) is 11.0 Å². The zero-order valence-corrected chi connectivity index (χ0v) is 18.1. The number of amides is 2. The number of primary amides is 1. The van der Waals surface area contributed by atoms with Crippen molar-refractivity contribution in [3.63, 3.8) is 0 Å². The van der Waals surface area contributed by atoms with Crippen LogP contribution in [0.2, 0.25) is 0 Å². The van der Waals surface area contributed by atoms with E-state index in [-0.39, 0.29) is 29.4 Å². The number of carbonyl (C=O) groups excluding carboxylic acids is 2. The molecule has 1 aromatic carbocycles. The molecule has 3 aromatic rings. The van der Waals surface area contributed by atoms with Crippen molar-refractivity contribution in [3.05, 3.63) is 75.0 Å². The summed E-state index contributed by atoms with van der Waals surface area (Å²) < 4.78 is 14.7. The lowest BCUT2D eigenvalue weighted by Crippen LogP contribution is -2.33. The molecule has 0 radical (unpaired) electrons. The Balaban J connectivity index is 1.74. The van der Waals surface area contributed by atoms with E-state index in [1.807, 2.05) is 0 Å². The molecule has 1 saturated heterocycles. The summed E-state index contributed by atoms with van der Waals surface area (Å²) in [7, 11) is 0. The summed E-state index contributed by atoms with van der Waals surface area (Å²) in [4.78, 5) is 43.4. The summed E-state index contributed by atoms with van der Waals surface area (Å²) in [6.07, 6.45) is 3.95. The van der Waals surface area contributed by atoms with E-state index in [1.54, 1.807) is 29.3 Å². The highest BCUT2D eigenvalue weighted by atomic mass is 19.1. The molecule has 0 unspecified atom stereocenters. The SMILES string of the molecule is NC(=O)c1c(CO)c2ncc(Cc3ccc(F)cc3)cc2n(CCCN2CCCC2=O)c1=O. The van der Waals surface area contributed by atoms with Gasteiger partial charge < -0.3 is 20.3 Å². The van der Waals surface area contributed by atoms with Crippen molar-refractivity contribution < 1.29 is 19.1 Å². The molecule has 1 aliphatic rings. The Morgan fingerprint density at radius 3 is 2.55 bits per heavy atom. The first-order valence-corrected chi connectivity index (χ1v) is 10.9. The molecule has 2 aromatic heterocycles. The fraction of sp³-hybridized carbons (Fsp3) is 0.333. The van der Waals surface area contributed by atoms with Gasteiger partial charge in [-0.3, -0.25) is 19.4 Å². The molecule has 0 aliphatic carbocycles. The monoisotopic (exact) mass is 452 g/mol. The molecule has 0 saturated carbocycles. The minimum absolute atomic E-state index is 0.0989. The maximum Gasteiger partial charge on any atom is 0.264 e. The molecule has 3 heterocycles. The van der Waals surface area contributed by atoms with Gasteiger partial charge >= 0.3 is 0 Å². The highest BCUT2D eigenvalue weighted by Gasteiger charge is 2.23. The minimum atomic E-state index is -0.924. The maximum atomic E-state index is 13.2. The van der Waals surface area contributed by atoms with Crippen LogP contribution < -0.4 is 11.3 Å². The first kappa shape index (κ1) is 22.6.